The number of hydrogen-bond acceptors (Lipinski definition) is 6. The molecule has 22 heavy (non-hydrogen) atoms. The first-order valence-electron chi connectivity index (χ1n) is 7.90. The summed E-state index contributed by atoms with van der Waals surface area (Å²) in [5.41, 5.74) is 0. The minimum absolute atomic E-state index is 0.00417. The first kappa shape index (κ1) is 18.3. The van der Waals surface area contributed by atoms with Crippen molar-refractivity contribution in [1.29, 1.82) is 0 Å². The number of quaternary nitrogens is 2. The van der Waals surface area contributed by atoms with Crippen molar-refractivity contribution in [3.05, 3.63) is 10.4 Å². The summed E-state index contributed by atoms with van der Waals surface area (Å²) in [4.78, 5) is 11.4. The van der Waals surface area contributed by atoms with Gasteiger partial charge < -0.3 is 25.6 Å². The molecule has 2 aliphatic rings. The molecule has 2 saturated heterocycles. The van der Waals surface area contributed by atoms with Gasteiger partial charge in [0, 0.05) is 18.6 Å². The van der Waals surface area contributed by atoms with Gasteiger partial charge in [0.25, 0.3) is 0 Å². The summed E-state index contributed by atoms with van der Waals surface area (Å²) in [6, 6.07) is -0.733. The Kier molecular flexibility index (Phi) is 7.75. The second-order valence-electron chi connectivity index (χ2n) is 5.90. The van der Waals surface area contributed by atoms with E-state index in [0.717, 1.165) is 38.5 Å². The fourth-order valence-electron chi connectivity index (χ4n) is 2.83. The number of rotatable bonds is 7. The minimum atomic E-state index is -0.929. The van der Waals surface area contributed by atoms with E-state index in [-0.39, 0.29) is 21.7 Å². The van der Waals surface area contributed by atoms with E-state index in [2.05, 4.69) is 5.32 Å². The van der Waals surface area contributed by atoms with E-state index in [1.54, 1.807) is 0 Å². The van der Waals surface area contributed by atoms with Crippen LogP contribution in [0.3, 0.4) is 0 Å². The number of carbonyl (C=O) groups is 1. The Morgan fingerprint density at radius 1 is 1.18 bits per heavy atom. The molecule has 0 saturated carbocycles. The molecule has 0 spiro atoms. The summed E-state index contributed by atoms with van der Waals surface area (Å²) >= 11 is 0. The Bertz CT molecular complexity index is 364. The lowest BCUT2D eigenvalue weighted by atomic mass is 10.1. The third kappa shape index (κ3) is 5.55. The molecule has 0 aromatic rings. The number of piperidine rings is 2. The van der Waals surface area contributed by atoms with Gasteiger partial charge in [-0.15, -0.1) is 0 Å². The number of hydroxylamine groups is 4. The van der Waals surface area contributed by atoms with Gasteiger partial charge in [-0.2, -0.15) is 0 Å². The van der Waals surface area contributed by atoms with Gasteiger partial charge >= 0.3 is 5.97 Å². The molecule has 0 aliphatic carbocycles. The summed E-state index contributed by atoms with van der Waals surface area (Å²) < 4.78 is 0. The quantitative estimate of drug-likeness (QED) is 0.351. The lowest BCUT2D eigenvalue weighted by molar-refractivity contribution is -0.885. The van der Waals surface area contributed by atoms with E-state index in [0.29, 0.717) is 18.8 Å². The maximum atomic E-state index is 11.8. The molecule has 4 unspecified atom stereocenters. The molecular weight excluding hydrogens is 326 g/mol. The summed E-state index contributed by atoms with van der Waals surface area (Å²) in [6.07, 6.45) is 5.21. The van der Waals surface area contributed by atoms with E-state index >= 15 is 0 Å². The van der Waals surface area contributed by atoms with Crippen molar-refractivity contribution in [3.63, 3.8) is 0 Å². The second-order valence-corrected chi connectivity index (χ2v) is 8.52. The van der Waals surface area contributed by atoms with Gasteiger partial charge in [0.1, 0.15) is 17.6 Å². The van der Waals surface area contributed by atoms with Gasteiger partial charge in [-0.25, -0.2) is 0 Å². The maximum absolute atomic E-state index is 11.8. The van der Waals surface area contributed by atoms with E-state index in [1.807, 2.05) is 0 Å². The zero-order valence-electron chi connectivity index (χ0n) is 12.6. The van der Waals surface area contributed by atoms with Crippen LogP contribution in [0.2, 0.25) is 0 Å². The van der Waals surface area contributed by atoms with Crippen molar-refractivity contribution in [2.75, 3.05) is 18.8 Å². The van der Waals surface area contributed by atoms with Gasteiger partial charge in [-0.3, -0.25) is 10.1 Å². The van der Waals surface area contributed by atoms with Crippen molar-refractivity contribution < 1.29 is 20.0 Å². The van der Waals surface area contributed by atoms with Crippen LogP contribution < -0.4 is 15.4 Å². The highest BCUT2D eigenvalue weighted by Crippen LogP contribution is 2.28. The summed E-state index contributed by atoms with van der Waals surface area (Å²) in [7, 11) is 2.92. The summed E-state index contributed by atoms with van der Waals surface area (Å²) in [6.45, 7) is 1.19. The predicted molar refractivity (Wildman–Crippen MR) is 88.3 cm³/mol. The lowest BCUT2D eigenvalue weighted by Crippen LogP contribution is -3.14. The Morgan fingerprint density at radius 2 is 1.86 bits per heavy atom. The van der Waals surface area contributed by atoms with Gasteiger partial charge in [-0.1, -0.05) is 10.8 Å². The van der Waals surface area contributed by atoms with Gasteiger partial charge in [0.15, 0.2) is 0 Å². The molecule has 4 N–H and O–H groups in total. The zero-order valence-corrected chi connectivity index (χ0v) is 14.2. The number of nitrogens with one attached hydrogen (secondary N) is 3. The van der Waals surface area contributed by atoms with Crippen LogP contribution in [0.1, 0.15) is 38.5 Å². The minimum Gasteiger partial charge on any atom is -0.633 e. The van der Waals surface area contributed by atoms with Crippen LogP contribution in [-0.4, -0.2) is 47.5 Å². The SMILES string of the molecule is O=C(O)[C@H](CSSC1CCCC[NH+]1[O-])NC1CCCC[NH+]1[O-]. The van der Waals surface area contributed by atoms with Crippen molar-refractivity contribution in [1.82, 2.24) is 5.32 Å². The van der Waals surface area contributed by atoms with Crippen LogP contribution >= 0.6 is 21.6 Å². The monoisotopic (exact) mass is 351 g/mol. The molecule has 2 fully saturated rings. The molecule has 2 aliphatic heterocycles. The highest BCUT2D eigenvalue weighted by molar-refractivity contribution is 8.76. The number of aliphatic carboxylic acids is 1. The fraction of sp³-hybridized carbons (Fsp3) is 0.923. The average Bonchev–Trinajstić information content (AvgIpc) is 2.50. The van der Waals surface area contributed by atoms with E-state index < -0.39 is 12.0 Å². The highest BCUT2D eigenvalue weighted by Gasteiger charge is 2.28. The predicted octanol–water partition coefficient (Wildman–Crippen LogP) is -0.804. The highest BCUT2D eigenvalue weighted by atomic mass is 33.1. The molecular formula is C13H25N3O4S2. The average molecular weight is 351 g/mol. The maximum Gasteiger partial charge on any atom is 0.321 e. The third-order valence-electron chi connectivity index (χ3n) is 4.17. The molecule has 5 atom stereocenters. The molecule has 9 heteroatoms. The van der Waals surface area contributed by atoms with Crippen molar-refractivity contribution in [2.24, 2.45) is 0 Å². The molecule has 2 heterocycles. The lowest BCUT2D eigenvalue weighted by Gasteiger charge is -2.37. The normalized spacial score (nSPS) is 34.3. The smallest absolute Gasteiger partial charge is 0.321 e. The Balaban J connectivity index is 1.75. The standard InChI is InChI=1S/C13H25N3O4S2/c17-13(18)10(14-11-5-1-3-7-15(11)19)9-21-22-12-6-2-4-8-16(12)20/h10-12,14-16H,1-9H2,(H,17,18)/t10-,11?,12?/m0/s1. The largest absolute Gasteiger partial charge is 0.633 e. The third-order valence-corrected chi connectivity index (χ3v) is 7.02. The molecule has 2 rings (SSSR count). The van der Waals surface area contributed by atoms with Crippen LogP contribution in [0, 0.1) is 10.4 Å². The van der Waals surface area contributed by atoms with Crippen LogP contribution in [0.25, 0.3) is 0 Å². The molecule has 0 amide bonds. The van der Waals surface area contributed by atoms with Gasteiger partial charge in [-0.05, 0) is 36.5 Å². The molecule has 0 bridgehead atoms. The van der Waals surface area contributed by atoms with Crippen LogP contribution in [0.4, 0.5) is 0 Å². The Labute approximate surface area is 138 Å². The number of carboxylic acids is 1. The van der Waals surface area contributed by atoms with Crippen LogP contribution in [0.5, 0.6) is 0 Å². The number of hydrogen-bond donors (Lipinski definition) is 4. The van der Waals surface area contributed by atoms with Crippen molar-refractivity contribution >= 4 is 27.6 Å². The van der Waals surface area contributed by atoms with Gasteiger partial charge in [0.05, 0.1) is 13.1 Å². The summed E-state index contributed by atoms with van der Waals surface area (Å²) in [5, 5.41) is 36.3. The summed E-state index contributed by atoms with van der Waals surface area (Å²) in [5.74, 6) is -0.561. The fourth-order valence-corrected chi connectivity index (χ4v) is 5.69. The van der Waals surface area contributed by atoms with Crippen LogP contribution in [0.15, 0.2) is 0 Å². The molecule has 128 valence electrons. The van der Waals surface area contributed by atoms with E-state index in [9.17, 15) is 20.3 Å². The molecule has 7 nitrogen and oxygen atoms in total. The van der Waals surface area contributed by atoms with Crippen molar-refractivity contribution in [2.45, 2.75) is 56.1 Å². The van der Waals surface area contributed by atoms with Gasteiger partial charge in [0.2, 0.25) is 0 Å². The topological polar surface area (TPSA) is 104 Å². The van der Waals surface area contributed by atoms with E-state index in [4.69, 9.17) is 0 Å². The molecule has 0 aromatic heterocycles. The zero-order chi connectivity index (χ0) is 15.9. The van der Waals surface area contributed by atoms with E-state index in [1.165, 1.54) is 21.6 Å². The first-order valence-corrected chi connectivity index (χ1v) is 10.3. The Morgan fingerprint density at radius 3 is 2.50 bits per heavy atom. The first-order chi connectivity index (χ1) is 10.6. The second kappa shape index (κ2) is 9.31. The van der Waals surface area contributed by atoms with Crippen LogP contribution in [-0.2, 0) is 4.79 Å². The van der Waals surface area contributed by atoms with Crippen molar-refractivity contribution in [3.8, 4) is 0 Å². The molecule has 0 aromatic carbocycles. The Hall–Kier alpha value is -0.0300. The number of carboxylic acid groups (broad SMARTS) is 1. The molecule has 0 radical (unpaired) electrons.